The van der Waals surface area contributed by atoms with E-state index >= 15 is 0 Å². The van der Waals surface area contributed by atoms with Crippen LogP contribution in [0.4, 0.5) is 4.39 Å². The summed E-state index contributed by atoms with van der Waals surface area (Å²) in [5.74, 6) is 0.512. The van der Waals surface area contributed by atoms with Crippen molar-refractivity contribution in [3.05, 3.63) is 65.5 Å². The molecule has 0 unspecified atom stereocenters. The Labute approximate surface area is 124 Å². The summed E-state index contributed by atoms with van der Waals surface area (Å²) in [7, 11) is 0. The number of para-hydroxylation sites is 1. The molecule has 0 radical (unpaired) electrons. The third-order valence-electron chi connectivity index (χ3n) is 3.01. The van der Waals surface area contributed by atoms with E-state index in [1.807, 2.05) is 36.4 Å². The van der Waals surface area contributed by atoms with Crippen molar-refractivity contribution in [3.63, 3.8) is 0 Å². The van der Waals surface area contributed by atoms with Crippen molar-refractivity contribution in [2.45, 2.75) is 13.0 Å². The standard InChI is InChI=1S/C17H17FN2O/c18-17-11-14(12-19)7-8-15(17)13-20-9-4-10-21-16-5-2-1-3-6-16/h1-3,5-8,11,20H,4,9-10,13H2. The van der Waals surface area contributed by atoms with Gasteiger partial charge in [-0.15, -0.1) is 0 Å². The van der Waals surface area contributed by atoms with Crippen LogP contribution in [0.3, 0.4) is 0 Å². The van der Waals surface area contributed by atoms with E-state index in [1.54, 1.807) is 12.1 Å². The van der Waals surface area contributed by atoms with Gasteiger partial charge in [-0.3, -0.25) is 0 Å². The van der Waals surface area contributed by atoms with Crippen LogP contribution < -0.4 is 10.1 Å². The van der Waals surface area contributed by atoms with Crippen molar-refractivity contribution in [1.82, 2.24) is 5.32 Å². The molecule has 0 aliphatic carbocycles. The zero-order valence-corrected chi connectivity index (χ0v) is 11.7. The van der Waals surface area contributed by atoms with E-state index in [0.717, 1.165) is 18.7 Å². The number of benzene rings is 2. The second kappa shape index (κ2) is 8.03. The Morgan fingerprint density at radius 2 is 1.95 bits per heavy atom. The molecule has 0 heterocycles. The highest BCUT2D eigenvalue weighted by Gasteiger charge is 2.02. The lowest BCUT2D eigenvalue weighted by Crippen LogP contribution is -2.17. The van der Waals surface area contributed by atoms with Crippen molar-refractivity contribution in [2.24, 2.45) is 0 Å². The monoisotopic (exact) mass is 284 g/mol. The van der Waals surface area contributed by atoms with Gasteiger partial charge in [-0.2, -0.15) is 5.26 Å². The molecule has 2 aromatic carbocycles. The van der Waals surface area contributed by atoms with Gasteiger partial charge in [0.25, 0.3) is 0 Å². The molecule has 0 fully saturated rings. The van der Waals surface area contributed by atoms with Gasteiger partial charge in [0.1, 0.15) is 11.6 Å². The number of ether oxygens (including phenoxy) is 1. The second-order valence-corrected chi connectivity index (χ2v) is 4.61. The predicted octanol–water partition coefficient (Wildman–Crippen LogP) is 3.26. The average Bonchev–Trinajstić information content (AvgIpc) is 2.53. The fourth-order valence-corrected chi connectivity index (χ4v) is 1.89. The van der Waals surface area contributed by atoms with Crippen LogP contribution in [0.15, 0.2) is 48.5 Å². The number of hydrogen-bond donors (Lipinski definition) is 1. The van der Waals surface area contributed by atoms with Crippen LogP contribution in [0, 0.1) is 17.1 Å². The minimum absolute atomic E-state index is 0.340. The van der Waals surface area contributed by atoms with Crippen LogP contribution >= 0.6 is 0 Å². The first-order chi connectivity index (χ1) is 10.3. The van der Waals surface area contributed by atoms with Crippen LogP contribution in [0.1, 0.15) is 17.5 Å². The number of nitriles is 1. The molecule has 0 aliphatic heterocycles. The van der Waals surface area contributed by atoms with Crippen molar-refractivity contribution >= 4 is 0 Å². The lowest BCUT2D eigenvalue weighted by atomic mass is 10.1. The number of nitrogens with one attached hydrogen (secondary N) is 1. The minimum Gasteiger partial charge on any atom is -0.494 e. The van der Waals surface area contributed by atoms with Gasteiger partial charge < -0.3 is 10.1 Å². The van der Waals surface area contributed by atoms with Crippen molar-refractivity contribution in [1.29, 1.82) is 5.26 Å². The van der Waals surface area contributed by atoms with E-state index in [1.165, 1.54) is 6.07 Å². The fourth-order valence-electron chi connectivity index (χ4n) is 1.89. The lowest BCUT2D eigenvalue weighted by Gasteiger charge is -2.08. The first-order valence-electron chi connectivity index (χ1n) is 6.86. The SMILES string of the molecule is N#Cc1ccc(CNCCCOc2ccccc2)c(F)c1. The highest BCUT2D eigenvalue weighted by molar-refractivity contribution is 5.32. The largest absolute Gasteiger partial charge is 0.494 e. The summed E-state index contributed by atoms with van der Waals surface area (Å²) in [6.45, 7) is 1.81. The van der Waals surface area contributed by atoms with Gasteiger partial charge in [-0.05, 0) is 37.2 Å². The molecule has 0 bridgehead atoms. The molecule has 108 valence electrons. The summed E-state index contributed by atoms with van der Waals surface area (Å²) in [6.07, 6.45) is 0.840. The van der Waals surface area contributed by atoms with Gasteiger partial charge in [0.15, 0.2) is 0 Å². The first-order valence-corrected chi connectivity index (χ1v) is 6.86. The molecule has 0 saturated heterocycles. The Morgan fingerprint density at radius 3 is 2.67 bits per heavy atom. The summed E-state index contributed by atoms with van der Waals surface area (Å²) < 4.78 is 19.2. The van der Waals surface area contributed by atoms with Gasteiger partial charge >= 0.3 is 0 Å². The molecule has 0 amide bonds. The van der Waals surface area contributed by atoms with E-state index in [2.05, 4.69) is 5.32 Å². The molecule has 2 rings (SSSR count). The summed E-state index contributed by atoms with van der Waals surface area (Å²) in [4.78, 5) is 0. The van der Waals surface area contributed by atoms with Crippen LogP contribution in [0.2, 0.25) is 0 Å². The third-order valence-corrected chi connectivity index (χ3v) is 3.01. The van der Waals surface area contributed by atoms with Crippen LogP contribution in [-0.2, 0) is 6.54 Å². The smallest absolute Gasteiger partial charge is 0.129 e. The normalized spacial score (nSPS) is 10.1. The number of nitrogens with zero attached hydrogens (tertiary/aromatic N) is 1. The topological polar surface area (TPSA) is 45.0 Å². The van der Waals surface area contributed by atoms with E-state index in [-0.39, 0.29) is 5.82 Å². The molecule has 0 spiro atoms. The predicted molar refractivity (Wildman–Crippen MR) is 79.4 cm³/mol. The van der Waals surface area contributed by atoms with E-state index < -0.39 is 0 Å². The molecule has 0 atom stereocenters. The maximum atomic E-state index is 13.6. The van der Waals surface area contributed by atoms with Gasteiger partial charge in [0.2, 0.25) is 0 Å². The van der Waals surface area contributed by atoms with E-state index in [0.29, 0.717) is 24.3 Å². The molecule has 3 nitrogen and oxygen atoms in total. The maximum absolute atomic E-state index is 13.6. The Morgan fingerprint density at radius 1 is 1.14 bits per heavy atom. The molecular formula is C17H17FN2O. The van der Waals surface area contributed by atoms with Crippen molar-refractivity contribution < 1.29 is 9.13 Å². The molecule has 0 aromatic heterocycles. The van der Waals surface area contributed by atoms with E-state index in [4.69, 9.17) is 10.00 Å². The molecule has 1 N–H and O–H groups in total. The van der Waals surface area contributed by atoms with Crippen LogP contribution in [0.5, 0.6) is 5.75 Å². The number of rotatable bonds is 7. The van der Waals surface area contributed by atoms with Gasteiger partial charge in [-0.25, -0.2) is 4.39 Å². The summed E-state index contributed by atoms with van der Waals surface area (Å²) >= 11 is 0. The van der Waals surface area contributed by atoms with Crippen LogP contribution in [-0.4, -0.2) is 13.2 Å². The zero-order chi connectivity index (χ0) is 14.9. The molecule has 2 aromatic rings. The Bertz CT molecular complexity index is 608. The third kappa shape index (κ3) is 4.90. The average molecular weight is 284 g/mol. The Balaban J connectivity index is 1.65. The van der Waals surface area contributed by atoms with Gasteiger partial charge in [0.05, 0.1) is 18.2 Å². The minimum atomic E-state index is -0.345. The second-order valence-electron chi connectivity index (χ2n) is 4.61. The maximum Gasteiger partial charge on any atom is 0.129 e. The first kappa shape index (κ1) is 15.0. The highest BCUT2D eigenvalue weighted by atomic mass is 19.1. The fraction of sp³-hybridized carbons (Fsp3) is 0.235. The number of halogens is 1. The molecule has 21 heavy (non-hydrogen) atoms. The lowest BCUT2D eigenvalue weighted by molar-refractivity contribution is 0.308. The van der Waals surface area contributed by atoms with Crippen LogP contribution in [0.25, 0.3) is 0 Å². The molecule has 4 heteroatoms. The number of hydrogen-bond acceptors (Lipinski definition) is 3. The summed E-state index contributed by atoms with van der Waals surface area (Å²) in [5, 5.41) is 11.8. The summed E-state index contributed by atoms with van der Waals surface area (Å²) in [5.41, 5.74) is 0.908. The Kier molecular flexibility index (Phi) is 5.74. The van der Waals surface area contributed by atoms with Crippen molar-refractivity contribution in [3.8, 4) is 11.8 Å². The van der Waals surface area contributed by atoms with Gasteiger partial charge in [-0.1, -0.05) is 24.3 Å². The summed E-state index contributed by atoms with van der Waals surface area (Å²) in [6, 6.07) is 16.1. The molecule has 0 aliphatic rings. The molecular weight excluding hydrogens is 267 g/mol. The Hall–Kier alpha value is -2.38. The van der Waals surface area contributed by atoms with Gasteiger partial charge in [0, 0.05) is 12.1 Å². The quantitative estimate of drug-likeness (QED) is 0.794. The zero-order valence-electron chi connectivity index (χ0n) is 11.7. The van der Waals surface area contributed by atoms with E-state index in [9.17, 15) is 4.39 Å². The van der Waals surface area contributed by atoms with Crippen molar-refractivity contribution in [2.75, 3.05) is 13.2 Å². The molecule has 0 saturated carbocycles. The highest BCUT2D eigenvalue weighted by Crippen LogP contribution is 2.10.